The molecule has 0 spiro atoms. The zero-order chi connectivity index (χ0) is 20.3. The van der Waals surface area contributed by atoms with Gasteiger partial charge in [-0.2, -0.15) is 13.2 Å². The molecule has 0 saturated heterocycles. The Kier molecular flexibility index (Phi) is 5.73. The topological polar surface area (TPSA) is 70.7 Å². The third-order valence-corrected chi connectivity index (χ3v) is 4.86. The van der Waals surface area contributed by atoms with E-state index in [4.69, 9.17) is 0 Å². The maximum Gasteiger partial charge on any atom is 0.416 e. The number of aryl methyl sites for hydroxylation is 1. The first-order valence-corrected chi connectivity index (χ1v) is 9.24. The Balaban J connectivity index is 1.64. The van der Waals surface area contributed by atoms with Gasteiger partial charge in [0, 0.05) is 11.3 Å². The molecule has 0 aliphatic rings. The molecule has 1 aromatic heterocycles. The highest BCUT2D eigenvalue weighted by Gasteiger charge is 2.30. The molecule has 28 heavy (non-hydrogen) atoms. The van der Waals surface area contributed by atoms with Crippen LogP contribution in [-0.4, -0.2) is 26.3 Å². The van der Waals surface area contributed by atoms with E-state index in [1.807, 2.05) is 31.2 Å². The smallest absolute Gasteiger partial charge is 0.325 e. The molecular formula is C19H17F3N4OS. The lowest BCUT2D eigenvalue weighted by molar-refractivity contribution is -0.137. The van der Waals surface area contributed by atoms with Crippen molar-refractivity contribution in [2.24, 2.45) is 0 Å². The first kappa shape index (κ1) is 19.9. The van der Waals surface area contributed by atoms with E-state index in [0.29, 0.717) is 11.0 Å². The van der Waals surface area contributed by atoms with Crippen molar-refractivity contribution in [3.05, 3.63) is 59.7 Å². The van der Waals surface area contributed by atoms with Crippen molar-refractivity contribution in [3.8, 4) is 11.4 Å². The minimum Gasteiger partial charge on any atom is -0.325 e. The van der Waals surface area contributed by atoms with Crippen molar-refractivity contribution in [2.75, 3.05) is 5.32 Å². The summed E-state index contributed by atoms with van der Waals surface area (Å²) in [5.41, 5.74) is 1.26. The fourth-order valence-electron chi connectivity index (χ4n) is 2.37. The highest BCUT2D eigenvalue weighted by molar-refractivity contribution is 8.00. The van der Waals surface area contributed by atoms with Gasteiger partial charge >= 0.3 is 6.18 Å². The van der Waals surface area contributed by atoms with Crippen LogP contribution >= 0.6 is 11.8 Å². The van der Waals surface area contributed by atoms with E-state index in [-0.39, 0.29) is 5.69 Å². The first-order chi connectivity index (χ1) is 13.2. The minimum atomic E-state index is -4.47. The average molecular weight is 406 g/mol. The number of hydrogen-bond donors (Lipinski definition) is 2. The highest BCUT2D eigenvalue weighted by Crippen LogP contribution is 2.31. The van der Waals surface area contributed by atoms with Gasteiger partial charge in [0.2, 0.25) is 11.1 Å². The van der Waals surface area contributed by atoms with Crippen LogP contribution < -0.4 is 5.32 Å². The third-order valence-electron chi connectivity index (χ3n) is 3.90. The van der Waals surface area contributed by atoms with Gasteiger partial charge in [-0.05, 0) is 32.0 Å². The summed E-state index contributed by atoms with van der Waals surface area (Å²) >= 11 is 1.11. The number of aromatic amines is 1. The number of hydrogen-bond acceptors (Lipinski definition) is 4. The average Bonchev–Trinajstić information content (AvgIpc) is 3.10. The van der Waals surface area contributed by atoms with Crippen LogP contribution in [0.4, 0.5) is 18.9 Å². The molecule has 0 fully saturated rings. The van der Waals surface area contributed by atoms with Crippen LogP contribution in [0.1, 0.15) is 18.1 Å². The molecule has 1 atom stereocenters. The predicted molar refractivity (Wildman–Crippen MR) is 102 cm³/mol. The second-order valence-corrected chi connectivity index (χ2v) is 7.47. The Bertz CT molecular complexity index is 970. The summed E-state index contributed by atoms with van der Waals surface area (Å²) in [6.07, 6.45) is -4.47. The van der Waals surface area contributed by atoms with Gasteiger partial charge < -0.3 is 5.32 Å². The fraction of sp³-hybridized carbons (Fsp3) is 0.211. The summed E-state index contributed by atoms with van der Waals surface area (Å²) in [5.74, 6) is 0.138. The van der Waals surface area contributed by atoms with Crippen molar-refractivity contribution < 1.29 is 18.0 Å². The SMILES string of the molecule is Cc1ccc(-c2nc(S[C@H](C)C(=O)Nc3cccc(C(F)(F)F)c3)n[nH]2)cc1. The van der Waals surface area contributed by atoms with E-state index in [2.05, 4.69) is 20.5 Å². The number of H-pyrrole nitrogens is 1. The zero-order valence-corrected chi connectivity index (χ0v) is 15.9. The summed E-state index contributed by atoms with van der Waals surface area (Å²) in [4.78, 5) is 16.7. The number of thioether (sulfide) groups is 1. The zero-order valence-electron chi connectivity index (χ0n) is 15.0. The standard InChI is InChI=1S/C19H17F3N4OS/c1-11-6-8-13(9-7-11)16-24-18(26-25-16)28-12(2)17(27)23-15-5-3-4-14(10-15)19(20,21)22/h3-10,12H,1-2H3,(H,23,27)(H,24,25,26)/t12-/m1/s1. The maximum absolute atomic E-state index is 12.8. The molecule has 0 radical (unpaired) electrons. The number of halogens is 3. The number of nitrogens with zero attached hydrogens (tertiary/aromatic N) is 2. The Morgan fingerprint density at radius 2 is 1.89 bits per heavy atom. The molecular weight excluding hydrogens is 389 g/mol. The van der Waals surface area contributed by atoms with Crippen LogP contribution in [0.25, 0.3) is 11.4 Å². The molecule has 0 unspecified atom stereocenters. The predicted octanol–water partition coefficient (Wildman–Crippen LogP) is 4.92. The lowest BCUT2D eigenvalue weighted by Gasteiger charge is -2.12. The number of rotatable bonds is 5. The van der Waals surface area contributed by atoms with Gasteiger partial charge in [0.15, 0.2) is 5.82 Å². The van der Waals surface area contributed by atoms with Crippen LogP contribution in [0.3, 0.4) is 0 Å². The number of nitrogens with one attached hydrogen (secondary N) is 2. The Morgan fingerprint density at radius 3 is 2.57 bits per heavy atom. The second-order valence-electron chi connectivity index (χ2n) is 6.16. The molecule has 0 bridgehead atoms. The van der Waals surface area contributed by atoms with Crippen LogP contribution in [0.15, 0.2) is 53.7 Å². The summed E-state index contributed by atoms with van der Waals surface area (Å²) in [5, 5.41) is 9.18. The number of amides is 1. The van der Waals surface area contributed by atoms with Crippen LogP contribution in [0.2, 0.25) is 0 Å². The Labute approximate surface area is 163 Å². The van der Waals surface area contributed by atoms with Crippen molar-refractivity contribution in [1.82, 2.24) is 15.2 Å². The van der Waals surface area contributed by atoms with Gasteiger partial charge in [0.1, 0.15) is 0 Å². The molecule has 2 N–H and O–H groups in total. The van der Waals surface area contributed by atoms with E-state index >= 15 is 0 Å². The number of anilines is 1. The van der Waals surface area contributed by atoms with Crippen LogP contribution in [0, 0.1) is 6.92 Å². The van der Waals surface area contributed by atoms with Crippen LogP contribution in [-0.2, 0) is 11.0 Å². The van der Waals surface area contributed by atoms with E-state index in [1.165, 1.54) is 12.1 Å². The van der Waals surface area contributed by atoms with Crippen molar-refractivity contribution in [3.63, 3.8) is 0 Å². The lowest BCUT2D eigenvalue weighted by Crippen LogP contribution is -2.22. The molecule has 2 aromatic carbocycles. The third kappa shape index (κ3) is 4.92. The summed E-state index contributed by atoms with van der Waals surface area (Å²) in [6.45, 7) is 3.62. The monoisotopic (exact) mass is 406 g/mol. The quantitative estimate of drug-likeness (QED) is 0.590. The van der Waals surface area contributed by atoms with Gasteiger partial charge in [-0.1, -0.05) is 47.7 Å². The van der Waals surface area contributed by atoms with Crippen molar-refractivity contribution in [1.29, 1.82) is 0 Å². The summed E-state index contributed by atoms with van der Waals surface area (Å²) < 4.78 is 38.3. The molecule has 146 valence electrons. The molecule has 1 heterocycles. The van der Waals surface area contributed by atoms with Gasteiger partial charge in [0.05, 0.1) is 10.8 Å². The van der Waals surface area contributed by atoms with Crippen molar-refractivity contribution in [2.45, 2.75) is 30.4 Å². The lowest BCUT2D eigenvalue weighted by atomic mass is 10.1. The Morgan fingerprint density at radius 1 is 1.18 bits per heavy atom. The summed E-state index contributed by atoms with van der Waals surface area (Å²) in [6, 6.07) is 12.2. The fourth-order valence-corrected chi connectivity index (χ4v) is 3.09. The van der Waals surface area contributed by atoms with E-state index in [1.54, 1.807) is 6.92 Å². The minimum absolute atomic E-state index is 0.0857. The number of carbonyl (C=O) groups excluding carboxylic acids is 1. The molecule has 9 heteroatoms. The van der Waals surface area contributed by atoms with E-state index in [0.717, 1.165) is 35.0 Å². The molecule has 0 saturated carbocycles. The van der Waals surface area contributed by atoms with Gasteiger partial charge in [-0.15, -0.1) is 5.10 Å². The molecule has 3 aromatic rings. The van der Waals surface area contributed by atoms with Crippen molar-refractivity contribution >= 4 is 23.4 Å². The molecule has 3 rings (SSSR count). The van der Waals surface area contributed by atoms with E-state index < -0.39 is 22.9 Å². The molecule has 0 aliphatic carbocycles. The molecule has 0 aliphatic heterocycles. The number of carbonyl (C=O) groups is 1. The molecule has 5 nitrogen and oxygen atoms in total. The van der Waals surface area contributed by atoms with E-state index in [9.17, 15) is 18.0 Å². The summed E-state index contributed by atoms with van der Waals surface area (Å²) in [7, 11) is 0. The normalized spacial score (nSPS) is 12.6. The first-order valence-electron chi connectivity index (χ1n) is 8.36. The van der Waals surface area contributed by atoms with Gasteiger partial charge in [0.25, 0.3) is 0 Å². The Hall–Kier alpha value is -2.81. The second kappa shape index (κ2) is 8.05. The largest absolute Gasteiger partial charge is 0.416 e. The van der Waals surface area contributed by atoms with Gasteiger partial charge in [-0.3, -0.25) is 9.89 Å². The number of aromatic nitrogens is 3. The number of benzene rings is 2. The number of alkyl halides is 3. The van der Waals surface area contributed by atoms with Gasteiger partial charge in [-0.25, -0.2) is 4.98 Å². The van der Waals surface area contributed by atoms with Crippen LogP contribution in [0.5, 0.6) is 0 Å². The molecule has 1 amide bonds. The maximum atomic E-state index is 12.8. The highest BCUT2D eigenvalue weighted by atomic mass is 32.2.